The van der Waals surface area contributed by atoms with E-state index in [9.17, 15) is 13.6 Å². The lowest BCUT2D eigenvalue weighted by atomic mass is 10.2. The van der Waals surface area contributed by atoms with Gasteiger partial charge in [0.25, 0.3) is 5.24 Å². The van der Waals surface area contributed by atoms with E-state index in [0.29, 0.717) is 25.2 Å². The summed E-state index contributed by atoms with van der Waals surface area (Å²) in [5, 5.41) is -0.869. The second-order valence-electron chi connectivity index (χ2n) is 3.16. The number of carbonyl (C=O) groups excluding carboxylic acids is 1. The maximum absolute atomic E-state index is 13.1. The highest BCUT2D eigenvalue weighted by molar-refractivity contribution is 6.67. The minimum absolute atomic E-state index is 0.218. The summed E-state index contributed by atoms with van der Waals surface area (Å²) in [6.07, 6.45) is 0.987. The van der Waals surface area contributed by atoms with Gasteiger partial charge in [0.1, 0.15) is 11.6 Å². The molecule has 5 heteroatoms. The van der Waals surface area contributed by atoms with E-state index >= 15 is 0 Å². The average Bonchev–Trinajstić information content (AvgIpc) is 2.26. The quantitative estimate of drug-likeness (QED) is 0.570. The molecule has 0 atom stereocenters. The largest absolute Gasteiger partial charge is 0.494 e. The summed E-state index contributed by atoms with van der Waals surface area (Å²) in [5.74, 6) is -0.333. The number of benzene rings is 1. The van der Waals surface area contributed by atoms with Gasteiger partial charge in [0.05, 0.1) is 18.8 Å². The molecule has 0 saturated heterocycles. The van der Waals surface area contributed by atoms with E-state index in [4.69, 9.17) is 16.3 Å². The van der Waals surface area contributed by atoms with Crippen molar-refractivity contribution in [2.24, 2.45) is 0 Å². The van der Waals surface area contributed by atoms with Crippen LogP contribution < -0.4 is 4.74 Å². The molecule has 1 rings (SSSR count). The number of hydrogen-bond acceptors (Lipinski definition) is 2. The molecule has 0 saturated carbocycles. The van der Waals surface area contributed by atoms with Crippen molar-refractivity contribution >= 4 is 16.8 Å². The summed E-state index contributed by atoms with van der Waals surface area (Å²) in [5.41, 5.74) is -0.218. The third-order valence-electron chi connectivity index (χ3n) is 1.95. The number of rotatable bonds is 6. The van der Waals surface area contributed by atoms with Crippen LogP contribution in [0.25, 0.3) is 0 Å². The van der Waals surface area contributed by atoms with Crippen LogP contribution in [-0.4, -0.2) is 18.5 Å². The molecule has 0 aliphatic rings. The van der Waals surface area contributed by atoms with Gasteiger partial charge in [-0.2, -0.15) is 0 Å². The summed E-state index contributed by atoms with van der Waals surface area (Å²) in [6, 6.07) is 3.74. The van der Waals surface area contributed by atoms with E-state index in [1.54, 1.807) is 0 Å². The summed E-state index contributed by atoms with van der Waals surface area (Å²) in [7, 11) is 0. The highest BCUT2D eigenvalue weighted by atomic mass is 35.5. The number of carbonyl (C=O) groups is 1. The van der Waals surface area contributed by atoms with E-state index < -0.39 is 17.7 Å². The van der Waals surface area contributed by atoms with Gasteiger partial charge in [0, 0.05) is 0 Å². The van der Waals surface area contributed by atoms with Crippen molar-refractivity contribution in [3.05, 3.63) is 29.6 Å². The standard InChI is InChI=1S/C11H11ClF2O2/c12-11(15)9-7-8(3-4-10(9)14)16-6-2-1-5-13/h3-4,7H,1-2,5-6H2. The molecule has 0 N–H and O–H groups in total. The number of hydrogen-bond donors (Lipinski definition) is 0. The molecule has 0 spiro atoms. The second kappa shape index (κ2) is 6.43. The van der Waals surface area contributed by atoms with Crippen molar-refractivity contribution in [3.8, 4) is 5.75 Å². The third-order valence-corrected chi connectivity index (χ3v) is 2.15. The lowest BCUT2D eigenvalue weighted by molar-refractivity contribution is 0.107. The first kappa shape index (κ1) is 12.9. The molecule has 16 heavy (non-hydrogen) atoms. The minimum Gasteiger partial charge on any atom is -0.494 e. The van der Waals surface area contributed by atoms with Gasteiger partial charge in [0.15, 0.2) is 0 Å². The molecule has 88 valence electrons. The van der Waals surface area contributed by atoms with Gasteiger partial charge in [0.2, 0.25) is 0 Å². The Morgan fingerprint density at radius 1 is 1.38 bits per heavy atom. The van der Waals surface area contributed by atoms with E-state index in [1.165, 1.54) is 12.1 Å². The van der Waals surface area contributed by atoms with Crippen molar-refractivity contribution < 1.29 is 18.3 Å². The van der Waals surface area contributed by atoms with Crippen molar-refractivity contribution in [2.45, 2.75) is 12.8 Å². The molecule has 2 nitrogen and oxygen atoms in total. The molecule has 1 aromatic carbocycles. The maximum atomic E-state index is 13.1. The van der Waals surface area contributed by atoms with E-state index in [2.05, 4.69) is 0 Å². The van der Waals surface area contributed by atoms with Gasteiger partial charge in [-0.05, 0) is 42.6 Å². The topological polar surface area (TPSA) is 26.3 Å². The van der Waals surface area contributed by atoms with Crippen molar-refractivity contribution in [3.63, 3.8) is 0 Å². The molecule has 0 amide bonds. The predicted octanol–water partition coefficient (Wildman–Crippen LogP) is 3.33. The zero-order valence-electron chi connectivity index (χ0n) is 8.51. The molecule has 0 heterocycles. The normalized spacial score (nSPS) is 10.2. The molecule has 0 radical (unpaired) electrons. The molecule has 0 unspecified atom stereocenters. The molecule has 0 bridgehead atoms. The van der Waals surface area contributed by atoms with Gasteiger partial charge < -0.3 is 4.74 Å². The van der Waals surface area contributed by atoms with Crippen LogP contribution in [0.2, 0.25) is 0 Å². The molecule has 1 aromatic rings. The van der Waals surface area contributed by atoms with E-state index in [1.807, 2.05) is 0 Å². The number of unbranched alkanes of at least 4 members (excludes halogenated alkanes) is 1. The molecule has 0 fully saturated rings. The van der Waals surface area contributed by atoms with Crippen LogP contribution in [0.3, 0.4) is 0 Å². The van der Waals surface area contributed by atoms with Gasteiger partial charge in [-0.15, -0.1) is 0 Å². The summed E-state index contributed by atoms with van der Waals surface area (Å²) < 4.78 is 30.0. The Bertz CT molecular complexity index is 369. The van der Waals surface area contributed by atoms with Crippen LogP contribution in [-0.2, 0) is 0 Å². The fourth-order valence-corrected chi connectivity index (χ4v) is 1.28. The van der Waals surface area contributed by atoms with E-state index in [-0.39, 0.29) is 5.56 Å². The first-order chi connectivity index (χ1) is 7.65. The van der Waals surface area contributed by atoms with Crippen LogP contribution in [0.5, 0.6) is 5.75 Å². The predicted molar refractivity (Wildman–Crippen MR) is 57.3 cm³/mol. The summed E-state index contributed by atoms with van der Waals surface area (Å²) in [4.78, 5) is 10.8. The van der Waals surface area contributed by atoms with Crippen molar-refractivity contribution in [1.82, 2.24) is 0 Å². The van der Waals surface area contributed by atoms with E-state index in [0.717, 1.165) is 6.07 Å². The molecule has 0 aromatic heterocycles. The number of halogens is 3. The van der Waals surface area contributed by atoms with Crippen LogP contribution in [0, 0.1) is 5.82 Å². The molecule has 0 aliphatic heterocycles. The van der Waals surface area contributed by atoms with Gasteiger partial charge in [-0.25, -0.2) is 4.39 Å². The minimum atomic E-state index is -0.869. The Morgan fingerprint density at radius 2 is 2.12 bits per heavy atom. The maximum Gasteiger partial charge on any atom is 0.255 e. The van der Waals surface area contributed by atoms with Crippen LogP contribution in [0.15, 0.2) is 18.2 Å². The Labute approximate surface area is 97.2 Å². The first-order valence-corrected chi connectivity index (χ1v) is 5.21. The van der Waals surface area contributed by atoms with Crippen LogP contribution in [0.1, 0.15) is 23.2 Å². The monoisotopic (exact) mass is 248 g/mol. The second-order valence-corrected chi connectivity index (χ2v) is 3.50. The van der Waals surface area contributed by atoms with Gasteiger partial charge in [-0.1, -0.05) is 0 Å². The fraction of sp³-hybridized carbons (Fsp3) is 0.364. The third kappa shape index (κ3) is 3.77. The smallest absolute Gasteiger partial charge is 0.255 e. The summed E-state index contributed by atoms with van der Waals surface area (Å²) >= 11 is 5.18. The Morgan fingerprint density at radius 3 is 2.75 bits per heavy atom. The van der Waals surface area contributed by atoms with Crippen molar-refractivity contribution in [1.29, 1.82) is 0 Å². The highest BCUT2D eigenvalue weighted by Crippen LogP contribution is 2.18. The average molecular weight is 249 g/mol. The fourth-order valence-electron chi connectivity index (χ4n) is 1.13. The Hall–Kier alpha value is -1.16. The molecular weight excluding hydrogens is 238 g/mol. The molecule has 0 aliphatic carbocycles. The molecular formula is C11H11ClF2O2. The number of alkyl halides is 1. The SMILES string of the molecule is O=C(Cl)c1cc(OCCCCF)ccc1F. The van der Waals surface area contributed by atoms with Gasteiger partial charge in [-0.3, -0.25) is 9.18 Å². The highest BCUT2D eigenvalue weighted by Gasteiger charge is 2.10. The Kier molecular flexibility index (Phi) is 5.19. The van der Waals surface area contributed by atoms with Crippen LogP contribution >= 0.6 is 11.6 Å². The zero-order valence-corrected chi connectivity index (χ0v) is 9.27. The number of ether oxygens (including phenoxy) is 1. The van der Waals surface area contributed by atoms with Crippen molar-refractivity contribution in [2.75, 3.05) is 13.3 Å². The van der Waals surface area contributed by atoms with Gasteiger partial charge >= 0.3 is 0 Å². The summed E-state index contributed by atoms with van der Waals surface area (Å²) in [6.45, 7) is -0.0658. The lowest BCUT2D eigenvalue weighted by Crippen LogP contribution is -2.00. The Balaban J connectivity index is 2.61. The van der Waals surface area contributed by atoms with Crippen LogP contribution in [0.4, 0.5) is 8.78 Å². The lowest BCUT2D eigenvalue weighted by Gasteiger charge is -2.06. The zero-order chi connectivity index (χ0) is 12.0. The first-order valence-electron chi connectivity index (χ1n) is 4.83.